The number of para-hydroxylation sites is 2. The molecule has 0 amide bonds. The Labute approximate surface area is 155 Å². The van der Waals surface area contributed by atoms with Crippen molar-refractivity contribution in [2.75, 3.05) is 26.3 Å². The SMILES string of the molecule is Cc1ccc(C)c(Cn2c([C@H](C)N3CCOCC3)nc3ccccc32)c1. The smallest absolute Gasteiger partial charge is 0.127 e. The van der Waals surface area contributed by atoms with Crippen LogP contribution in [-0.2, 0) is 11.3 Å². The molecule has 0 spiro atoms. The highest BCUT2D eigenvalue weighted by atomic mass is 16.5. The Morgan fingerprint density at radius 3 is 2.65 bits per heavy atom. The van der Waals surface area contributed by atoms with Crippen LogP contribution in [0.1, 0.15) is 35.5 Å². The van der Waals surface area contributed by atoms with Gasteiger partial charge in [0.2, 0.25) is 0 Å². The molecule has 1 aliphatic heterocycles. The second kappa shape index (κ2) is 7.22. The van der Waals surface area contributed by atoms with E-state index in [1.165, 1.54) is 22.2 Å². The molecule has 1 fully saturated rings. The van der Waals surface area contributed by atoms with E-state index in [1.54, 1.807) is 0 Å². The number of morpholine rings is 1. The van der Waals surface area contributed by atoms with Gasteiger partial charge in [0, 0.05) is 19.6 Å². The van der Waals surface area contributed by atoms with Crippen LogP contribution in [0.4, 0.5) is 0 Å². The zero-order chi connectivity index (χ0) is 18.1. The third-order valence-electron chi connectivity index (χ3n) is 5.48. The fraction of sp³-hybridized carbons (Fsp3) is 0.409. The van der Waals surface area contributed by atoms with Gasteiger partial charge in [0.05, 0.1) is 30.3 Å². The number of aryl methyl sites for hydroxylation is 2. The second-order valence-corrected chi connectivity index (χ2v) is 7.30. The maximum absolute atomic E-state index is 5.53. The van der Waals surface area contributed by atoms with Gasteiger partial charge in [0.15, 0.2) is 0 Å². The molecule has 0 aliphatic carbocycles. The summed E-state index contributed by atoms with van der Waals surface area (Å²) in [5.41, 5.74) is 6.29. The predicted octanol–water partition coefficient (Wildman–Crippen LogP) is 4.09. The van der Waals surface area contributed by atoms with Crippen LogP contribution >= 0.6 is 0 Å². The summed E-state index contributed by atoms with van der Waals surface area (Å²) in [5, 5.41) is 0. The molecular formula is C22H27N3O. The van der Waals surface area contributed by atoms with Crippen LogP contribution in [-0.4, -0.2) is 40.8 Å². The zero-order valence-corrected chi connectivity index (χ0v) is 15.9. The lowest BCUT2D eigenvalue weighted by Crippen LogP contribution is -2.39. The van der Waals surface area contributed by atoms with Crippen molar-refractivity contribution in [1.82, 2.24) is 14.5 Å². The Bertz CT molecular complexity index is 909. The van der Waals surface area contributed by atoms with Crippen LogP contribution in [0, 0.1) is 13.8 Å². The third-order valence-corrected chi connectivity index (χ3v) is 5.48. The molecule has 26 heavy (non-hydrogen) atoms. The molecule has 0 N–H and O–H groups in total. The van der Waals surface area contributed by atoms with E-state index in [4.69, 9.17) is 9.72 Å². The minimum absolute atomic E-state index is 0.274. The molecular weight excluding hydrogens is 322 g/mol. The van der Waals surface area contributed by atoms with Crippen molar-refractivity contribution in [2.45, 2.75) is 33.4 Å². The third kappa shape index (κ3) is 3.27. The molecule has 2 heterocycles. The lowest BCUT2D eigenvalue weighted by Gasteiger charge is -2.32. The topological polar surface area (TPSA) is 30.3 Å². The molecule has 4 nitrogen and oxygen atoms in total. The van der Waals surface area contributed by atoms with Gasteiger partial charge in [-0.25, -0.2) is 4.98 Å². The Balaban J connectivity index is 1.77. The lowest BCUT2D eigenvalue weighted by molar-refractivity contribution is 0.0177. The van der Waals surface area contributed by atoms with Gasteiger partial charge in [-0.3, -0.25) is 4.90 Å². The summed E-state index contributed by atoms with van der Waals surface area (Å²) < 4.78 is 7.93. The molecule has 0 saturated carbocycles. The van der Waals surface area contributed by atoms with E-state index in [9.17, 15) is 0 Å². The van der Waals surface area contributed by atoms with Gasteiger partial charge in [-0.15, -0.1) is 0 Å². The second-order valence-electron chi connectivity index (χ2n) is 7.30. The van der Waals surface area contributed by atoms with Crippen molar-refractivity contribution in [3.8, 4) is 0 Å². The number of hydrogen-bond donors (Lipinski definition) is 0. The molecule has 1 aromatic heterocycles. The van der Waals surface area contributed by atoms with E-state index in [2.05, 4.69) is 72.7 Å². The maximum Gasteiger partial charge on any atom is 0.127 e. The van der Waals surface area contributed by atoms with Crippen LogP contribution < -0.4 is 0 Å². The van der Waals surface area contributed by atoms with E-state index in [0.29, 0.717) is 0 Å². The van der Waals surface area contributed by atoms with Crippen LogP contribution in [0.15, 0.2) is 42.5 Å². The van der Waals surface area contributed by atoms with Crippen LogP contribution in [0.5, 0.6) is 0 Å². The zero-order valence-electron chi connectivity index (χ0n) is 15.9. The molecule has 0 unspecified atom stereocenters. The summed E-state index contributed by atoms with van der Waals surface area (Å²) in [6.07, 6.45) is 0. The van der Waals surface area contributed by atoms with E-state index < -0.39 is 0 Å². The molecule has 0 radical (unpaired) electrons. The van der Waals surface area contributed by atoms with Crippen molar-refractivity contribution >= 4 is 11.0 Å². The molecule has 4 heteroatoms. The standard InChI is InChI=1S/C22H27N3O/c1-16-8-9-17(2)19(14-16)15-25-21-7-5-4-6-20(21)23-22(25)18(3)24-10-12-26-13-11-24/h4-9,14,18H,10-13,15H2,1-3H3/t18-/m0/s1. The number of aromatic nitrogens is 2. The Morgan fingerprint density at radius 1 is 1.08 bits per heavy atom. The fourth-order valence-electron chi connectivity index (χ4n) is 3.85. The van der Waals surface area contributed by atoms with Gasteiger partial charge in [0.1, 0.15) is 5.82 Å². The summed E-state index contributed by atoms with van der Waals surface area (Å²) in [7, 11) is 0. The highest BCUT2D eigenvalue weighted by molar-refractivity contribution is 5.76. The first-order valence-corrected chi connectivity index (χ1v) is 9.46. The summed E-state index contributed by atoms with van der Waals surface area (Å²) in [6, 6.07) is 15.4. The number of ether oxygens (including phenoxy) is 1. The van der Waals surface area contributed by atoms with E-state index in [1.807, 2.05) is 0 Å². The summed E-state index contributed by atoms with van der Waals surface area (Å²) in [6.45, 7) is 11.0. The Kier molecular flexibility index (Phi) is 4.79. The van der Waals surface area contributed by atoms with Crippen LogP contribution in [0.2, 0.25) is 0 Å². The Morgan fingerprint density at radius 2 is 1.85 bits per heavy atom. The highest BCUT2D eigenvalue weighted by Crippen LogP contribution is 2.27. The van der Waals surface area contributed by atoms with Gasteiger partial charge in [-0.2, -0.15) is 0 Å². The van der Waals surface area contributed by atoms with E-state index in [-0.39, 0.29) is 6.04 Å². The number of hydrogen-bond acceptors (Lipinski definition) is 3. The van der Waals surface area contributed by atoms with Crippen molar-refractivity contribution < 1.29 is 4.74 Å². The molecule has 1 saturated heterocycles. The summed E-state index contributed by atoms with van der Waals surface area (Å²) in [4.78, 5) is 7.49. The van der Waals surface area contributed by atoms with Crippen molar-refractivity contribution in [3.63, 3.8) is 0 Å². The molecule has 4 rings (SSSR count). The van der Waals surface area contributed by atoms with Gasteiger partial charge >= 0.3 is 0 Å². The van der Waals surface area contributed by atoms with Gasteiger partial charge in [-0.1, -0.05) is 35.9 Å². The number of rotatable bonds is 4. The minimum atomic E-state index is 0.274. The van der Waals surface area contributed by atoms with E-state index in [0.717, 1.165) is 44.2 Å². The molecule has 3 aromatic rings. The minimum Gasteiger partial charge on any atom is -0.379 e. The predicted molar refractivity (Wildman–Crippen MR) is 106 cm³/mol. The molecule has 136 valence electrons. The quantitative estimate of drug-likeness (QED) is 0.710. The summed E-state index contributed by atoms with van der Waals surface area (Å²) in [5.74, 6) is 1.15. The fourth-order valence-corrected chi connectivity index (χ4v) is 3.85. The molecule has 1 atom stereocenters. The molecule has 1 aliphatic rings. The van der Waals surface area contributed by atoms with Crippen LogP contribution in [0.3, 0.4) is 0 Å². The average Bonchev–Trinajstić information content (AvgIpc) is 3.03. The first-order valence-electron chi connectivity index (χ1n) is 9.46. The number of imidazole rings is 1. The normalized spacial score (nSPS) is 16.9. The monoisotopic (exact) mass is 349 g/mol. The molecule has 2 aromatic carbocycles. The van der Waals surface area contributed by atoms with Crippen LogP contribution in [0.25, 0.3) is 11.0 Å². The summed E-state index contributed by atoms with van der Waals surface area (Å²) >= 11 is 0. The van der Waals surface area contributed by atoms with Crippen molar-refractivity contribution in [1.29, 1.82) is 0 Å². The maximum atomic E-state index is 5.53. The number of nitrogens with zero attached hydrogens (tertiary/aromatic N) is 3. The largest absolute Gasteiger partial charge is 0.379 e. The Hall–Kier alpha value is -2.17. The first-order chi connectivity index (χ1) is 12.6. The molecule has 0 bridgehead atoms. The van der Waals surface area contributed by atoms with Gasteiger partial charge in [-0.05, 0) is 44.0 Å². The van der Waals surface area contributed by atoms with E-state index >= 15 is 0 Å². The van der Waals surface area contributed by atoms with Crippen molar-refractivity contribution in [3.05, 3.63) is 65.0 Å². The first kappa shape index (κ1) is 17.3. The van der Waals surface area contributed by atoms with Gasteiger partial charge in [0.25, 0.3) is 0 Å². The highest BCUT2D eigenvalue weighted by Gasteiger charge is 2.24. The average molecular weight is 349 g/mol. The number of fused-ring (bicyclic) bond motifs is 1. The van der Waals surface area contributed by atoms with Crippen molar-refractivity contribution in [2.24, 2.45) is 0 Å². The number of benzene rings is 2. The lowest BCUT2D eigenvalue weighted by atomic mass is 10.1. The van der Waals surface area contributed by atoms with Gasteiger partial charge < -0.3 is 9.30 Å².